The highest BCUT2D eigenvalue weighted by Gasteiger charge is 2.36. The Kier molecular flexibility index (Phi) is 4.77. The van der Waals surface area contributed by atoms with Crippen molar-refractivity contribution in [2.75, 3.05) is 19.8 Å². The summed E-state index contributed by atoms with van der Waals surface area (Å²) < 4.78 is 32.1. The number of morpholine rings is 1. The summed E-state index contributed by atoms with van der Waals surface area (Å²) >= 11 is 5.90. The first-order valence-corrected chi connectivity index (χ1v) is 8.66. The maximum absolute atomic E-state index is 12.6. The largest absolute Gasteiger partial charge is 0.394 e. The number of rotatable bonds is 4. The van der Waals surface area contributed by atoms with E-state index in [1.54, 1.807) is 13.0 Å². The molecule has 2 atom stereocenters. The van der Waals surface area contributed by atoms with Gasteiger partial charge in [-0.1, -0.05) is 12.2 Å². The van der Waals surface area contributed by atoms with Gasteiger partial charge in [-0.05, 0) is 19.1 Å². The van der Waals surface area contributed by atoms with Crippen LogP contribution in [0.5, 0.6) is 0 Å². The number of aliphatic hydroxyl groups is 1. The molecule has 9 heteroatoms. The second kappa shape index (κ2) is 6.04. The fourth-order valence-corrected chi connectivity index (χ4v) is 5.07. The first-order chi connectivity index (χ1) is 9.36. The summed E-state index contributed by atoms with van der Waals surface area (Å²) in [7, 11) is -3.62. The van der Waals surface area contributed by atoms with Crippen LogP contribution < -0.4 is 5.73 Å². The van der Waals surface area contributed by atoms with Crippen molar-refractivity contribution < 1.29 is 18.3 Å². The minimum absolute atomic E-state index is 0.139. The minimum atomic E-state index is -3.62. The summed E-state index contributed by atoms with van der Waals surface area (Å²) in [6, 6.07) is 2.83. The Labute approximate surface area is 127 Å². The normalized spacial score (nSPS) is 24.7. The summed E-state index contributed by atoms with van der Waals surface area (Å²) in [5, 5.41) is 9.13. The molecule has 2 heterocycles. The lowest BCUT2D eigenvalue weighted by Crippen LogP contribution is -2.51. The van der Waals surface area contributed by atoms with Crippen LogP contribution in [0.2, 0.25) is 0 Å². The fourth-order valence-electron chi connectivity index (χ4n) is 1.94. The summed E-state index contributed by atoms with van der Waals surface area (Å²) in [4.78, 5) is 0.748. The highest BCUT2D eigenvalue weighted by Crippen LogP contribution is 2.28. The van der Waals surface area contributed by atoms with Gasteiger partial charge in [0.2, 0.25) is 0 Å². The molecular weight excluding hydrogens is 320 g/mol. The fraction of sp³-hybridized carbons (Fsp3) is 0.545. The molecule has 20 heavy (non-hydrogen) atoms. The van der Waals surface area contributed by atoms with Crippen molar-refractivity contribution in [2.45, 2.75) is 23.3 Å². The first kappa shape index (κ1) is 15.8. The van der Waals surface area contributed by atoms with Crippen LogP contribution >= 0.6 is 23.6 Å². The molecule has 0 radical (unpaired) electrons. The number of sulfonamides is 1. The van der Waals surface area contributed by atoms with E-state index in [0.717, 1.165) is 11.3 Å². The summed E-state index contributed by atoms with van der Waals surface area (Å²) in [5.41, 5.74) is 5.50. The van der Waals surface area contributed by atoms with E-state index >= 15 is 0 Å². The second-order valence-corrected chi connectivity index (χ2v) is 8.19. The standard InChI is InChI=1S/C11H16N2O4S3/c1-7-6-17-8(5-14)4-13(7)20(15,16)10-3-2-9(19-10)11(12)18/h2-3,7-8,14H,4-6H2,1H3,(H2,12,18). The van der Waals surface area contributed by atoms with Crippen molar-refractivity contribution in [3.63, 3.8) is 0 Å². The van der Waals surface area contributed by atoms with Crippen LogP contribution in [0, 0.1) is 0 Å². The average Bonchev–Trinajstić information content (AvgIpc) is 2.89. The van der Waals surface area contributed by atoms with Gasteiger partial charge >= 0.3 is 0 Å². The Hall–Kier alpha value is -0.580. The lowest BCUT2D eigenvalue weighted by Gasteiger charge is -2.35. The minimum Gasteiger partial charge on any atom is -0.394 e. The van der Waals surface area contributed by atoms with Crippen molar-refractivity contribution in [3.05, 3.63) is 17.0 Å². The van der Waals surface area contributed by atoms with Crippen LogP contribution in [0.15, 0.2) is 16.3 Å². The predicted octanol–water partition coefficient (Wildman–Crippen LogP) is 0.153. The quantitative estimate of drug-likeness (QED) is 0.761. The monoisotopic (exact) mass is 336 g/mol. The van der Waals surface area contributed by atoms with E-state index in [9.17, 15) is 8.42 Å². The van der Waals surface area contributed by atoms with Crippen molar-refractivity contribution in [1.29, 1.82) is 0 Å². The van der Waals surface area contributed by atoms with Gasteiger partial charge in [0.25, 0.3) is 10.0 Å². The van der Waals surface area contributed by atoms with Gasteiger partial charge in [0, 0.05) is 12.6 Å². The molecule has 0 aromatic carbocycles. The molecule has 3 N–H and O–H groups in total. The van der Waals surface area contributed by atoms with E-state index in [1.807, 2.05) is 0 Å². The summed E-state index contributed by atoms with van der Waals surface area (Å²) in [6.45, 7) is 1.97. The third-order valence-electron chi connectivity index (χ3n) is 3.04. The van der Waals surface area contributed by atoms with Crippen LogP contribution in [-0.2, 0) is 14.8 Å². The number of hydrogen-bond donors (Lipinski definition) is 2. The van der Waals surface area contributed by atoms with Crippen molar-refractivity contribution in [3.8, 4) is 0 Å². The van der Waals surface area contributed by atoms with E-state index in [0.29, 0.717) is 4.88 Å². The van der Waals surface area contributed by atoms with Gasteiger partial charge in [-0.2, -0.15) is 4.31 Å². The maximum Gasteiger partial charge on any atom is 0.252 e. The molecule has 0 aliphatic carbocycles. The Balaban J connectivity index is 2.30. The lowest BCUT2D eigenvalue weighted by molar-refractivity contribution is -0.0515. The third-order valence-corrected chi connectivity index (χ3v) is 6.95. The number of hydrogen-bond acceptors (Lipinski definition) is 6. The zero-order chi connectivity index (χ0) is 14.9. The molecule has 2 rings (SSSR count). The molecule has 0 spiro atoms. The van der Waals surface area contributed by atoms with Crippen molar-refractivity contribution >= 4 is 38.6 Å². The van der Waals surface area contributed by atoms with Gasteiger partial charge in [0.05, 0.1) is 24.2 Å². The Morgan fingerprint density at radius 2 is 2.35 bits per heavy atom. The van der Waals surface area contributed by atoms with E-state index in [-0.39, 0.29) is 35.0 Å². The average molecular weight is 336 g/mol. The number of thiocarbonyl (C=S) groups is 1. The Morgan fingerprint density at radius 1 is 1.65 bits per heavy atom. The van der Waals surface area contributed by atoms with Gasteiger partial charge in [0.15, 0.2) is 0 Å². The smallest absolute Gasteiger partial charge is 0.252 e. The topological polar surface area (TPSA) is 92.9 Å². The maximum atomic E-state index is 12.6. The van der Waals surface area contributed by atoms with Crippen molar-refractivity contribution in [2.24, 2.45) is 5.73 Å². The van der Waals surface area contributed by atoms with Crippen molar-refractivity contribution in [1.82, 2.24) is 4.31 Å². The first-order valence-electron chi connectivity index (χ1n) is 6.00. The molecule has 1 saturated heterocycles. The number of nitrogens with two attached hydrogens (primary N) is 1. The van der Waals surface area contributed by atoms with E-state index < -0.39 is 16.1 Å². The molecule has 1 fully saturated rings. The van der Waals surface area contributed by atoms with Crippen LogP contribution in [0.3, 0.4) is 0 Å². The van der Waals surface area contributed by atoms with E-state index in [1.165, 1.54) is 10.4 Å². The van der Waals surface area contributed by atoms with Gasteiger partial charge < -0.3 is 15.6 Å². The number of ether oxygens (including phenoxy) is 1. The molecule has 2 unspecified atom stereocenters. The molecule has 0 bridgehead atoms. The number of thiophene rings is 1. The molecule has 0 saturated carbocycles. The van der Waals surface area contributed by atoms with Gasteiger partial charge in [0.1, 0.15) is 9.20 Å². The van der Waals surface area contributed by atoms with Crippen LogP contribution in [0.25, 0.3) is 0 Å². The summed E-state index contributed by atoms with van der Waals surface area (Å²) in [5.74, 6) is 0. The van der Waals surface area contributed by atoms with Crippen LogP contribution in [-0.4, -0.2) is 54.7 Å². The van der Waals surface area contributed by atoms with Crippen LogP contribution in [0.1, 0.15) is 11.8 Å². The molecule has 112 valence electrons. The molecule has 6 nitrogen and oxygen atoms in total. The van der Waals surface area contributed by atoms with E-state index in [4.69, 9.17) is 27.8 Å². The van der Waals surface area contributed by atoms with Crippen LogP contribution in [0.4, 0.5) is 0 Å². The molecule has 0 amide bonds. The highest BCUT2D eigenvalue weighted by atomic mass is 32.2. The highest BCUT2D eigenvalue weighted by molar-refractivity contribution is 7.91. The van der Waals surface area contributed by atoms with E-state index in [2.05, 4.69) is 0 Å². The summed E-state index contributed by atoms with van der Waals surface area (Å²) in [6.07, 6.45) is -0.490. The molecule has 1 aromatic rings. The zero-order valence-corrected chi connectivity index (χ0v) is 13.3. The molecule has 1 aliphatic rings. The van der Waals surface area contributed by atoms with Gasteiger partial charge in [-0.3, -0.25) is 0 Å². The van der Waals surface area contributed by atoms with Gasteiger partial charge in [-0.15, -0.1) is 11.3 Å². The Morgan fingerprint density at radius 3 is 2.90 bits per heavy atom. The predicted molar refractivity (Wildman–Crippen MR) is 80.4 cm³/mol. The number of nitrogens with zero attached hydrogens (tertiary/aromatic N) is 1. The van der Waals surface area contributed by atoms with Gasteiger partial charge in [-0.25, -0.2) is 8.42 Å². The molecular formula is C11H16N2O4S3. The molecule has 1 aliphatic heterocycles. The second-order valence-electron chi connectivity index (χ2n) is 4.54. The Bertz CT molecular complexity index is 599. The zero-order valence-electron chi connectivity index (χ0n) is 10.9. The number of aliphatic hydroxyl groups excluding tert-OH is 1. The lowest BCUT2D eigenvalue weighted by atomic mass is 10.2. The third kappa shape index (κ3) is 3.02. The SMILES string of the molecule is CC1COC(CO)CN1S(=O)(=O)c1ccc(C(N)=S)s1. The molecule has 1 aromatic heterocycles.